The first kappa shape index (κ1) is 14.0. The van der Waals surface area contributed by atoms with E-state index in [1.807, 2.05) is 6.92 Å². The molecule has 104 valence electrons. The van der Waals surface area contributed by atoms with Crippen molar-refractivity contribution in [2.45, 2.75) is 13.8 Å². The summed E-state index contributed by atoms with van der Waals surface area (Å²) in [5, 5.41) is 2.69. The summed E-state index contributed by atoms with van der Waals surface area (Å²) in [4.78, 5) is 16.4. The summed E-state index contributed by atoms with van der Waals surface area (Å²) in [6.07, 6.45) is 0. The van der Waals surface area contributed by atoms with E-state index in [9.17, 15) is 9.18 Å². The Morgan fingerprint density at radius 2 is 2.00 bits per heavy atom. The van der Waals surface area contributed by atoms with Crippen LogP contribution in [0.4, 0.5) is 10.1 Å². The highest BCUT2D eigenvalue weighted by molar-refractivity contribution is 6.05. The largest absolute Gasteiger partial charge is 0.494 e. The van der Waals surface area contributed by atoms with Gasteiger partial charge < -0.3 is 10.1 Å². The molecule has 0 aliphatic carbocycles. The number of benzene rings is 1. The van der Waals surface area contributed by atoms with Crippen molar-refractivity contribution in [3.05, 3.63) is 53.1 Å². The van der Waals surface area contributed by atoms with Gasteiger partial charge >= 0.3 is 0 Å². The Morgan fingerprint density at radius 1 is 1.25 bits per heavy atom. The summed E-state index contributed by atoms with van der Waals surface area (Å²) in [5.41, 5.74) is 2.38. The van der Waals surface area contributed by atoms with Crippen LogP contribution in [-0.2, 0) is 0 Å². The molecule has 0 saturated heterocycles. The number of hydrogen-bond donors (Lipinski definition) is 1. The zero-order valence-corrected chi connectivity index (χ0v) is 11.5. The Morgan fingerprint density at radius 3 is 2.65 bits per heavy atom. The van der Waals surface area contributed by atoms with Crippen LogP contribution in [-0.4, -0.2) is 18.0 Å². The van der Waals surface area contributed by atoms with Gasteiger partial charge in [0.1, 0.15) is 11.6 Å². The standard InChI is InChI=1S/C15H15FN2O2/c1-9-4-6-12(10(2)17-9)15(19)18-13-7-5-11(16)8-14(13)20-3/h4-8H,1-3H3,(H,18,19). The maximum atomic E-state index is 13.1. The van der Waals surface area contributed by atoms with Gasteiger partial charge in [0.15, 0.2) is 0 Å². The van der Waals surface area contributed by atoms with E-state index in [4.69, 9.17) is 4.74 Å². The number of hydrogen-bond acceptors (Lipinski definition) is 3. The van der Waals surface area contributed by atoms with Gasteiger partial charge in [-0.05, 0) is 38.1 Å². The second-order valence-corrected chi connectivity index (χ2v) is 4.38. The third-order valence-corrected chi connectivity index (χ3v) is 2.88. The van der Waals surface area contributed by atoms with Gasteiger partial charge in [-0.3, -0.25) is 9.78 Å². The van der Waals surface area contributed by atoms with Gasteiger partial charge in [0.2, 0.25) is 0 Å². The summed E-state index contributed by atoms with van der Waals surface area (Å²) in [6, 6.07) is 7.42. The molecule has 1 amide bonds. The van der Waals surface area contributed by atoms with Crippen LogP contribution in [0.1, 0.15) is 21.7 Å². The fourth-order valence-corrected chi connectivity index (χ4v) is 1.88. The topological polar surface area (TPSA) is 51.2 Å². The number of carbonyl (C=O) groups excluding carboxylic acids is 1. The molecular weight excluding hydrogens is 259 g/mol. The van der Waals surface area contributed by atoms with Crippen LogP contribution in [0, 0.1) is 19.7 Å². The highest BCUT2D eigenvalue weighted by Gasteiger charge is 2.13. The van der Waals surface area contributed by atoms with E-state index in [0.717, 1.165) is 5.69 Å². The molecule has 0 unspecified atom stereocenters. The minimum atomic E-state index is -0.423. The smallest absolute Gasteiger partial charge is 0.257 e. The Hall–Kier alpha value is -2.43. The molecule has 2 aromatic rings. The first-order valence-corrected chi connectivity index (χ1v) is 6.10. The number of nitrogens with zero attached hydrogens (tertiary/aromatic N) is 1. The number of aromatic nitrogens is 1. The summed E-state index contributed by atoms with van der Waals surface area (Å²) >= 11 is 0. The van der Waals surface area contributed by atoms with Crippen LogP contribution in [0.3, 0.4) is 0 Å². The number of halogens is 1. The lowest BCUT2D eigenvalue weighted by Crippen LogP contribution is -2.15. The fraction of sp³-hybridized carbons (Fsp3) is 0.200. The quantitative estimate of drug-likeness (QED) is 0.935. The molecular formula is C15H15FN2O2. The van der Waals surface area contributed by atoms with Gasteiger partial charge in [-0.25, -0.2) is 4.39 Å². The van der Waals surface area contributed by atoms with Crippen molar-refractivity contribution in [1.82, 2.24) is 4.98 Å². The normalized spacial score (nSPS) is 10.2. The molecule has 0 aliphatic heterocycles. The lowest BCUT2D eigenvalue weighted by Gasteiger charge is -2.11. The number of pyridine rings is 1. The Balaban J connectivity index is 2.28. The molecule has 0 saturated carbocycles. The molecule has 1 aromatic carbocycles. The number of anilines is 1. The number of carbonyl (C=O) groups is 1. The summed E-state index contributed by atoms with van der Waals surface area (Å²) in [5.74, 6) is -0.455. The molecule has 4 nitrogen and oxygen atoms in total. The molecule has 0 spiro atoms. The average molecular weight is 274 g/mol. The van der Waals surface area contributed by atoms with E-state index in [0.29, 0.717) is 16.9 Å². The van der Waals surface area contributed by atoms with Crippen molar-refractivity contribution >= 4 is 11.6 Å². The number of amides is 1. The van der Waals surface area contributed by atoms with Crippen molar-refractivity contribution < 1.29 is 13.9 Å². The minimum Gasteiger partial charge on any atom is -0.494 e. The number of aryl methyl sites for hydroxylation is 2. The van der Waals surface area contributed by atoms with Gasteiger partial charge in [0.25, 0.3) is 5.91 Å². The summed E-state index contributed by atoms with van der Waals surface area (Å²) in [6.45, 7) is 3.63. The lowest BCUT2D eigenvalue weighted by molar-refractivity contribution is 0.102. The molecule has 0 atom stereocenters. The van der Waals surface area contributed by atoms with E-state index in [1.54, 1.807) is 19.1 Å². The van der Waals surface area contributed by atoms with Crippen molar-refractivity contribution in [3.63, 3.8) is 0 Å². The van der Waals surface area contributed by atoms with Crippen LogP contribution < -0.4 is 10.1 Å². The number of rotatable bonds is 3. The van der Waals surface area contributed by atoms with Crippen LogP contribution in [0.2, 0.25) is 0 Å². The molecule has 5 heteroatoms. The van der Waals surface area contributed by atoms with E-state index in [1.165, 1.54) is 25.3 Å². The predicted octanol–water partition coefficient (Wildman–Crippen LogP) is 3.10. The molecule has 0 radical (unpaired) electrons. The van der Waals surface area contributed by atoms with Gasteiger partial charge in [-0.2, -0.15) is 0 Å². The third kappa shape index (κ3) is 2.93. The molecule has 0 fully saturated rings. The molecule has 1 aromatic heterocycles. The Kier molecular flexibility index (Phi) is 3.98. The summed E-state index contributed by atoms with van der Waals surface area (Å²) in [7, 11) is 1.42. The molecule has 0 bridgehead atoms. The third-order valence-electron chi connectivity index (χ3n) is 2.88. The maximum absolute atomic E-state index is 13.1. The highest BCUT2D eigenvalue weighted by atomic mass is 19.1. The molecule has 1 N–H and O–H groups in total. The van der Waals surface area contributed by atoms with Gasteiger partial charge in [-0.1, -0.05) is 0 Å². The zero-order chi connectivity index (χ0) is 14.7. The first-order chi connectivity index (χ1) is 9.51. The fourth-order valence-electron chi connectivity index (χ4n) is 1.88. The van der Waals surface area contributed by atoms with Crippen LogP contribution >= 0.6 is 0 Å². The monoisotopic (exact) mass is 274 g/mol. The maximum Gasteiger partial charge on any atom is 0.257 e. The van der Waals surface area contributed by atoms with E-state index >= 15 is 0 Å². The second-order valence-electron chi connectivity index (χ2n) is 4.38. The van der Waals surface area contributed by atoms with Crippen molar-refractivity contribution in [2.75, 3.05) is 12.4 Å². The minimum absolute atomic E-state index is 0.274. The van der Waals surface area contributed by atoms with E-state index in [2.05, 4.69) is 10.3 Å². The summed E-state index contributed by atoms with van der Waals surface area (Å²) < 4.78 is 18.1. The van der Waals surface area contributed by atoms with Crippen molar-refractivity contribution in [1.29, 1.82) is 0 Å². The molecule has 0 aliphatic rings. The average Bonchev–Trinajstić information content (AvgIpc) is 2.40. The van der Waals surface area contributed by atoms with Crippen molar-refractivity contribution in [3.8, 4) is 5.75 Å². The van der Waals surface area contributed by atoms with Gasteiger partial charge in [0, 0.05) is 11.8 Å². The Labute approximate surface area is 116 Å². The zero-order valence-electron chi connectivity index (χ0n) is 11.5. The Bertz CT molecular complexity index is 656. The van der Waals surface area contributed by atoms with Crippen molar-refractivity contribution in [2.24, 2.45) is 0 Å². The van der Waals surface area contributed by atoms with Crippen LogP contribution in [0.25, 0.3) is 0 Å². The first-order valence-electron chi connectivity index (χ1n) is 6.10. The van der Waals surface area contributed by atoms with Crippen LogP contribution in [0.5, 0.6) is 5.75 Å². The van der Waals surface area contributed by atoms with E-state index < -0.39 is 5.82 Å². The van der Waals surface area contributed by atoms with E-state index in [-0.39, 0.29) is 11.7 Å². The highest BCUT2D eigenvalue weighted by Crippen LogP contribution is 2.25. The number of nitrogens with one attached hydrogen (secondary N) is 1. The van der Waals surface area contributed by atoms with Gasteiger partial charge in [-0.15, -0.1) is 0 Å². The predicted molar refractivity (Wildman–Crippen MR) is 74.6 cm³/mol. The van der Waals surface area contributed by atoms with Crippen LogP contribution in [0.15, 0.2) is 30.3 Å². The van der Waals surface area contributed by atoms with Gasteiger partial charge in [0.05, 0.1) is 24.1 Å². The molecule has 20 heavy (non-hydrogen) atoms. The molecule has 2 rings (SSSR count). The SMILES string of the molecule is COc1cc(F)ccc1NC(=O)c1ccc(C)nc1C. The number of ether oxygens (including phenoxy) is 1. The second kappa shape index (κ2) is 5.69. The lowest BCUT2D eigenvalue weighted by atomic mass is 10.1. The molecule has 1 heterocycles. The number of methoxy groups -OCH3 is 1.